The average Bonchev–Trinajstić information content (AvgIpc) is 3.71. The van der Waals surface area contributed by atoms with Crippen LogP contribution in [0.1, 0.15) is 43.0 Å². The third-order valence-corrected chi connectivity index (χ3v) is 11.2. The van der Waals surface area contributed by atoms with Crippen molar-refractivity contribution in [3.05, 3.63) is 138 Å². The van der Waals surface area contributed by atoms with E-state index in [1.165, 1.54) is 42.4 Å². The van der Waals surface area contributed by atoms with Crippen LogP contribution in [-0.4, -0.2) is 14.5 Å². The number of hydrogen-bond acceptors (Lipinski definition) is 3. The van der Waals surface area contributed by atoms with Crippen LogP contribution < -0.4 is 0 Å². The van der Waals surface area contributed by atoms with Gasteiger partial charge in [-0.05, 0) is 64.9 Å². The van der Waals surface area contributed by atoms with Crippen LogP contribution in [-0.2, 0) is 5.41 Å². The van der Waals surface area contributed by atoms with Gasteiger partial charge in [-0.15, -0.1) is 11.3 Å². The standard InChI is InChI=1S/C41H27N3S/c1-41(2)31-18-10-8-16-27(31)39-35(41)29-22-23-33-34(38(29)45-39)28-17-9-11-19-32(28)44(33)40-42-36(25-13-4-3-5-14-25)30-21-20-24-12-6-7-15-26(24)37(30)43-40/h3-5,7-11,13,15-23,25H,14H2,1-2H3. The first-order valence-corrected chi connectivity index (χ1v) is 16.4. The molecule has 2 aliphatic carbocycles. The molecule has 3 heterocycles. The number of aromatic nitrogens is 3. The van der Waals surface area contributed by atoms with Crippen LogP contribution in [0.25, 0.3) is 70.0 Å². The third kappa shape index (κ3) is 3.31. The molecule has 45 heavy (non-hydrogen) atoms. The molecule has 10 rings (SSSR count). The molecule has 1 atom stereocenters. The van der Waals surface area contributed by atoms with Gasteiger partial charge in [0.05, 0.1) is 22.2 Å². The van der Waals surface area contributed by atoms with Gasteiger partial charge in [-0.3, -0.25) is 4.57 Å². The second kappa shape index (κ2) is 8.91. The van der Waals surface area contributed by atoms with E-state index in [4.69, 9.17) is 9.97 Å². The highest BCUT2D eigenvalue weighted by molar-refractivity contribution is 7.23. The maximum absolute atomic E-state index is 5.41. The Morgan fingerprint density at radius 3 is 2.60 bits per heavy atom. The second-order valence-corrected chi connectivity index (χ2v) is 13.8. The Balaban J connectivity index is 1.32. The van der Waals surface area contributed by atoms with Crippen LogP contribution in [0.3, 0.4) is 0 Å². The van der Waals surface area contributed by atoms with Crippen LogP contribution in [0.15, 0.2) is 109 Å². The van der Waals surface area contributed by atoms with Gasteiger partial charge in [0.15, 0.2) is 0 Å². The van der Waals surface area contributed by atoms with E-state index >= 15 is 0 Å². The van der Waals surface area contributed by atoms with Crippen molar-refractivity contribution in [3.63, 3.8) is 0 Å². The first-order chi connectivity index (χ1) is 22.1. The maximum atomic E-state index is 5.41. The number of nitrogens with zero attached hydrogens (tertiary/aromatic N) is 3. The van der Waals surface area contributed by atoms with E-state index in [2.05, 4.69) is 134 Å². The van der Waals surface area contributed by atoms with E-state index in [9.17, 15) is 0 Å². The monoisotopic (exact) mass is 593 g/mol. The Bertz CT molecular complexity index is 2610. The topological polar surface area (TPSA) is 30.7 Å². The van der Waals surface area contributed by atoms with Gasteiger partial charge in [0.25, 0.3) is 0 Å². The lowest BCUT2D eigenvalue weighted by Crippen LogP contribution is -2.14. The summed E-state index contributed by atoms with van der Waals surface area (Å²) in [6.45, 7) is 4.74. The van der Waals surface area contributed by atoms with Gasteiger partial charge < -0.3 is 0 Å². The van der Waals surface area contributed by atoms with Crippen molar-refractivity contribution in [3.8, 4) is 16.4 Å². The third-order valence-electron chi connectivity index (χ3n) is 9.96. The minimum absolute atomic E-state index is 0.0515. The molecule has 5 aromatic carbocycles. The van der Waals surface area contributed by atoms with Gasteiger partial charge in [0.1, 0.15) is 0 Å². The zero-order valence-electron chi connectivity index (χ0n) is 24.9. The van der Waals surface area contributed by atoms with Crippen molar-refractivity contribution < 1.29 is 0 Å². The number of rotatable bonds is 2. The lowest BCUT2D eigenvalue weighted by atomic mass is 9.81. The summed E-state index contributed by atoms with van der Waals surface area (Å²) in [5, 5.41) is 7.04. The minimum Gasteiger partial charge on any atom is -0.278 e. The molecule has 0 saturated carbocycles. The van der Waals surface area contributed by atoms with Gasteiger partial charge in [0.2, 0.25) is 5.95 Å². The molecule has 0 radical (unpaired) electrons. The predicted molar refractivity (Wildman–Crippen MR) is 188 cm³/mol. The summed E-state index contributed by atoms with van der Waals surface area (Å²) in [6, 6.07) is 37.0. The molecule has 0 bridgehead atoms. The molecule has 0 N–H and O–H groups in total. The van der Waals surface area contributed by atoms with Crippen LogP contribution in [0, 0.1) is 12.1 Å². The highest BCUT2D eigenvalue weighted by atomic mass is 32.1. The molecular weight excluding hydrogens is 567 g/mol. The molecule has 212 valence electrons. The number of hydrogen-bond donors (Lipinski definition) is 0. The predicted octanol–water partition coefficient (Wildman–Crippen LogP) is 10.6. The number of benzene rings is 4. The summed E-state index contributed by atoms with van der Waals surface area (Å²) in [7, 11) is 0. The molecule has 3 aromatic heterocycles. The SMILES string of the molecule is CC1(C)c2ccccc2-c2sc3c(ccc4c3c3ccccc3n4-c3nc(C4C=CC=CC4)c4ccc5c#cccc5c4n3)c21. The van der Waals surface area contributed by atoms with E-state index in [0.717, 1.165) is 44.8 Å². The van der Waals surface area contributed by atoms with E-state index in [1.807, 2.05) is 17.4 Å². The summed E-state index contributed by atoms with van der Waals surface area (Å²) >= 11 is 1.94. The van der Waals surface area contributed by atoms with Crippen LogP contribution in [0.5, 0.6) is 0 Å². The lowest BCUT2D eigenvalue weighted by Gasteiger charge is -2.21. The Hall–Kier alpha value is -5.24. The van der Waals surface area contributed by atoms with Gasteiger partial charge in [-0.1, -0.05) is 98.8 Å². The molecule has 0 aliphatic heterocycles. The summed E-state index contributed by atoms with van der Waals surface area (Å²) in [4.78, 5) is 12.2. The summed E-state index contributed by atoms with van der Waals surface area (Å²) in [5.41, 5.74) is 8.46. The average molecular weight is 594 g/mol. The minimum atomic E-state index is -0.0515. The van der Waals surface area contributed by atoms with E-state index in [0.29, 0.717) is 5.95 Å². The van der Waals surface area contributed by atoms with E-state index in [1.54, 1.807) is 0 Å². The fourth-order valence-electron chi connectivity index (χ4n) is 7.91. The van der Waals surface area contributed by atoms with Crippen molar-refractivity contribution in [1.29, 1.82) is 0 Å². The highest BCUT2D eigenvalue weighted by Crippen LogP contribution is 2.56. The molecule has 4 heteroatoms. The highest BCUT2D eigenvalue weighted by Gasteiger charge is 2.39. The second-order valence-electron chi connectivity index (χ2n) is 12.8. The summed E-state index contributed by atoms with van der Waals surface area (Å²) in [6.07, 6.45) is 9.67. The lowest BCUT2D eigenvalue weighted by molar-refractivity contribution is 0.667. The zero-order chi connectivity index (χ0) is 29.9. The first-order valence-electron chi connectivity index (χ1n) is 15.5. The Morgan fingerprint density at radius 1 is 0.822 bits per heavy atom. The molecule has 8 aromatic rings. The molecule has 3 nitrogen and oxygen atoms in total. The Kier molecular flexibility index (Phi) is 4.97. The molecule has 0 spiro atoms. The van der Waals surface area contributed by atoms with Gasteiger partial charge in [0, 0.05) is 47.8 Å². The molecule has 1 unspecified atom stereocenters. The van der Waals surface area contributed by atoms with Gasteiger partial charge >= 0.3 is 0 Å². The number of para-hydroxylation sites is 1. The van der Waals surface area contributed by atoms with Gasteiger partial charge in [-0.25, -0.2) is 9.97 Å². The first kappa shape index (κ1) is 25.1. The molecular formula is C41H27N3S. The van der Waals surface area contributed by atoms with E-state index in [-0.39, 0.29) is 11.3 Å². The molecule has 0 saturated heterocycles. The number of fused-ring (bicyclic) bond motifs is 12. The quantitative estimate of drug-likeness (QED) is 0.200. The van der Waals surface area contributed by atoms with Crippen molar-refractivity contribution in [2.24, 2.45) is 0 Å². The van der Waals surface area contributed by atoms with Crippen LogP contribution >= 0.6 is 11.3 Å². The molecule has 0 fully saturated rings. The summed E-state index contributed by atoms with van der Waals surface area (Å²) in [5.74, 6) is 0.888. The Labute approximate surface area is 264 Å². The summed E-state index contributed by atoms with van der Waals surface area (Å²) < 4.78 is 3.63. The molecule has 2 aliphatic rings. The maximum Gasteiger partial charge on any atom is 0.235 e. The smallest absolute Gasteiger partial charge is 0.235 e. The van der Waals surface area contributed by atoms with Crippen molar-refractivity contribution >= 4 is 64.9 Å². The Morgan fingerprint density at radius 2 is 1.69 bits per heavy atom. The molecule has 0 amide bonds. The van der Waals surface area contributed by atoms with Crippen molar-refractivity contribution in [2.45, 2.75) is 31.6 Å². The fraction of sp³-hybridized carbons (Fsp3) is 0.122. The zero-order valence-corrected chi connectivity index (χ0v) is 25.7. The number of thiophene rings is 1. The van der Waals surface area contributed by atoms with Gasteiger partial charge in [-0.2, -0.15) is 0 Å². The van der Waals surface area contributed by atoms with Crippen LogP contribution in [0.2, 0.25) is 0 Å². The fourth-order valence-corrected chi connectivity index (χ4v) is 9.47. The van der Waals surface area contributed by atoms with Crippen molar-refractivity contribution in [2.75, 3.05) is 0 Å². The largest absolute Gasteiger partial charge is 0.278 e. The number of allylic oxidation sites excluding steroid dienone is 4. The van der Waals surface area contributed by atoms with Crippen molar-refractivity contribution in [1.82, 2.24) is 14.5 Å². The van der Waals surface area contributed by atoms with E-state index < -0.39 is 0 Å². The van der Waals surface area contributed by atoms with Crippen LogP contribution in [0.4, 0.5) is 0 Å². The normalized spacial score (nSPS) is 16.6.